The Balaban J connectivity index is 2.74. The molecule has 0 aliphatic heterocycles. The molecule has 0 aromatic heterocycles. The van der Waals surface area contributed by atoms with E-state index < -0.39 is 0 Å². The molecule has 0 spiro atoms. The summed E-state index contributed by atoms with van der Waals surface area (Å²) in [7, 11) is 0. The maximum absolute atomic E-state index is 14.1. The summed E-state index contributed by atoms with van der Waals surface area (Å²) in [5.74, 6) is 2.54. The number of nitrogens with one attached hydrogen (secondary N) is 1. The molecule has 0 aliphatic carbocycles. The van der Waals surface area contributed by atoms with Gasteiger partial charge in [-0.1, -0.05) is 32.9 Å². The number of benzene rings is 1. The van der Waals surface area contributed by atoms with Crippen LogP contribution in [0.1, 0.15) is 32.4 Å². The quantitative estimate of drug-likeness (QED) is 0.780. The van der Waals surface area contributed by atoms with Gasteiger partial charge in [0.15, 0.2) is 0 Å². The van der Waals surface area contributed by atoms with Gasteiger partial charge in [0.25, 0.3) is 0 Å². The van der Waals surface area contributed by atoms with Gasteiger partial charge in [0, 0.05) is 17.4 Å². The van der Waals surface area contributed by atoms with Crippen molar-refractivity contribution in [1.29, 1.82) is 0 Å². The highest BCUT2D eigenvalue weighted by Gasteiger charge is 2.16. The summed E-state index contributed by atoms with van der Waals surface area (Å²) in [6.45, 7) is 7.30. The molecule has 1 aromatic carbocycles. The lowest BCUT2D eigenvalue weighted by Crippen LogP contribution is -2.24. The van der Waals surface area contributed by atoms with Crippen LogP contribution >= 0.6 is 27.7 Å². The van der Waals surface area contributed by atoms with E-state index in [9.17, 15) is 4.39 Å². The van der Waals surface area contributed by atoms with E-state index in [4.69, 9.17) is 0 Å². The summed E-state index contributed by atoms with van der Waals surface area (Å²) in [6, 6.07) is 5.57. The van der Waals surface area contributed by atoms with Crippen LogP contribution in [-0.4, -0.2) is 18.1 Å². The summed E-state index contributed by atoms with van der Waals surface area (Å²) < 4.78 is 14.6. The third-order valence-electron chi connectivity index (χ3n) is 2.54. The van der Waals surface area contributed by atoms with Crippen molar-refractivity contribution in [3.05, 3.63) is 34.1 Å². The molecule has 1 unspecified atom stereocenters. The van der Waals surface area contributed by atoms with Crippen molar-refractivity contribution in [2.45, 2.75) is 26.8 Å². The molecule has 0 aliphatic rings. The zero-order valence-electron chi connectivity index (χ0n) is 11.2. The summed E-state index contributed by atoms with van der Waals surface area (Å²) in [5.41, 5.74) is 0.752. The number of hydrogen-bond acceptors (Lipinski definition) is 2. The van der Waals surface area contributed by atoms with E-state index in [0.29, 0.717) is 10.4 Å². The highest BCUT2D eigenvalue weighted by Crippen LogP contribution is 2.26. The van der Waals surface area contributed by atoms with E-state index >= 15 is 0 Å². The number of hydrogen-bond donors (Lipinski definition) is 1. The van der Waals surface area contributed by atoms with Gasteiger partial charge in [0.05, 0.1) is 4.47 Å². The molecular weight excluding hydrogens is 313 g/mol. The van der Waals surface area contributed by atoms with Crippen molar-refractivity contribution < 1.29 is 4.39 Å². The lowest BCUT2D eigenvalue weighted by atomic mass is 10.1. The third kappa shape index (κ3) is 4.90. The van der Waals surface area contributed by atoms with E-state index in [1.165, 1.54) is 0 Å². The summed E-state index contributed by atoms with van der Waals surface area (Å²) >= 11 is 5.12. The average molecular weight is 334 g/mol. The van der Waals surface area contributed by atoms with Gasteiger partial charge in [-0.3, -0.25) is 0 Å². The normalized spacial score (nSPS) is 13.0. The molecule has 0 saturated heterocycles. The van der Waals surface area contributed by atoms with Crippen LogP contribution < -0.4 is 5.32 Å². The van der Waals surface area contributed by atoms with Crippen molar-refractivity contribution in [2.75, 3.05) is 18.1 Å². The molecule has 0 radical (unpaired) electrons. The topological polar surface area (TPSA) is 12.0 Å². The standard InChI is InChI=1S/C14H21BrFNS/c1-4-17-13(9-18-8-10(2)3)11-6-5-7-12(15)14(11)16/h5-7,10,13,17H,4,8-9H2,1-3H3. The monoisotopic (exact) mass is 333 g/mol. The van der Waals surface area contributed by atoms with Crippen molar-refractivity contribution >= 4 is 27.7 Å². The Hall–Kier alpha value is -0.0600. The summed E-state index contributed by atoms with van der Waals surface area (Å²) in [4.78, 5) is 0. The second-order valence-electron chi connectivity index (χ2n) is 4.68. The Morgan fingerprint density at radius 2 is 2.06 bits per heavy atom. The molecule has 4 heteroatoms. The van der Waals surface area contributed by atoms with E-state index in [2.05, 4.69) is 42.0 Å². The maximum Gasteiger partial charge on any atom is 0.142 e. The summed E-state index contributed by atoms with van der Waals surface area (Å²) in [6.07, 6.45) is 0. The van der Waals surface area contributed by atoms with Gasteiger partial charge in [-0.15, -0.1) is 0 Å². The van der Waals surface area contributed by atoms with Gasteiger partial charge in [-0.25, -0.2) is 4.39 Å². The smallest absolute Gasteiger partial charge is 0.142 e. The average Bonchev–Trinajstić information content (AvgIpc) is 2.31. The molecule has 0 heterocycles. The zero-order valence-corrected chi connectivity index (χ0v) is 13.6. The van der Waals surface area contributed by atoms with E-state index in [1.807, 2.05) is 23.9 Å². The minimum Gasteiger partial charge on any atom is -0.309 e. The van der Waals surface area contributed by atoms with E-state index in [0.717, 1.165) is 23.6 Å². The van der Waals surface area contributed by atoms with E-state index in [1.54, 1.807) is 6.07 Å². The van der Waals surface area contributed by atoms with Crippen molar-refractivity contribution in [3.8, 4) is 0 Å². The second kappa shape index (κ2) is 8.18. The van der Waals surface area contributed by atoms with Gasteiger partial charge in [0.1, 0.15) is 5.82 Å². The first-order valence-electron chi connectivity index (χ1n) is 6.31. The molecule has 102 valence electrons. The molecule has 1 N–H and O–H groups in total. The van der Waals surface area contributed by atoms with Crippen molar-refractivity contribution in [1.82, 2.24) is 5.32 Å². The van der Waals surface area contributed by atoms with Crippen LogP contribution in [0.5, 0.6) is 0 Å². The van der Waals surface area contributed by atoms with Crippen LogP contribution in [0.2, 0.25) is 0 Å². The largest absolute Gasteiger partial charge is 0.309 e. The van der Waals surface area contributed by atoms with Crippen LogP contribution in [0.15, 0.2) is 22.7 Å². The zero-order chi connectivity index (χ0) is 13.5. The van der Waals surface area contributed by atoms with E-state index in [-0.39, 0.29) is 11.9 Å². The number of halogens is 2. The maximum atomic E-state index is 14.1. The predicted octanol–water partition coefficient (Wildman–Crippen LogP) is 4.63. The first kappa shape index (κ1) is 16.0. The molecule has 1 nitrogen and oxygen atoms in total. The van der Waals surface area contributed by atoms with Gasteiger partial charge in [-0.05, 0) is 40.2 Å². The van der Waals surface area contributed by atoms with Crippen LogP contribution in [-0.2, 0) is 0 Å². The Morgan fingerprint density at radius 3 is 2.67 bits per heavy atom. The first-order chi connectivity index (χ1) is 8.56. The van der Waals surface area contributed by atoms with Crippen LogP contribution in [0, 0.1) is 11.7 Å². The Labute approximate surface area is 122 Å². The highest BCUT2D eigenvalue weighted by atomic mass is 79.9. The molecular formula is C14H21BrFNS. The van der Waals surface area contributed by atoms with Gasteiger partial charge in [0.2, 0.25) is 0 Å². The molecule has 0 fully saturated rings. The Morgan fingerprint density at radius 1 is 1.33 bits per heavy atom. The van der Waals surface area contributed by atoms with Crippen LogP contribution in [0.3, 0.4) is 0 Å². The fourth-order valence-electron chi connectivity index (χ4n) is 1.72. The fraction of sp³-hybridized carbons (Fsp3) is 0.571. The molecule has 0 saturated carbocycles. The summed E-state index contributed by atoms with van der Waals surface area (Å²) in [5, 5.41) is 3.36. The molecule has 18 heavy (non-hydrogen) atoms. The van der Waals surface area contributed by atoms with Crippen molar-refractivity contribution in [2.24, 2.45) is 5.92 Å². The van der Waals surface area contributed by atoms with Gasteiger partial charge >= 0.3 is 0 Å². The fourth-order valence-corrected chi connectivity index (χ4v) is 3.24. The Bertz CT molecular complexity index is 371. The first-order valence-corrected chi connectivity index (χ1v) is 8.26. The molecule has 0 amide bonds. The molecule has 0 bridgehead atoms. The van der Waals surface area contributed by atoms with Crippen LogP contribution in [0.4, 0.5) is 4.39 Å². The van der Waals surface area contributed by atoms with Crippen LogP contribution in [0.25, 0.3) is 0 Å². The minimum atomic E-state index is -0.145. The SMILES string of the molecule is CCNC(CSCC(C)C)c1cccc(Br)c1F. The lowest BCUT2D eigenvalue weighted by Gasteiger charge is -2.19. The third-order valence-corrected chi connectivity index (χ3v) is 4.63. The molecule has 1 aromatic rings. The van der Waals surface area contributed by atoms with Gasteiger partial charge in [-0.2, -0.15) is 11.8 Å². The predicted molar refractivity (Wildman–Crippen MR) is 82.7 cm³/mol. The minimum absolute atomic E-state index is 0.0799. The highest BCUT2D eigenvalue weighted by molar-refractivity contribution is 9.10. The molecule has 1 atom stereocenters. The lowest BCUT2D eigenvalue weighted by molar-refractivity contribution is 0.541. The van der Waals surface area contributed by atoms with Crippen molar-refractivity contribution in [3.63, 3.8) is 0 Å². The number of thioether (sulfide) groups is 1. The molecule has 1 rings (SSSR count). The number of rotatable bonds is 7. The van der Waals surface area contributed by atoms with Gasteiger partial charge < -0.3 is 5.32 Å². The Kier molecular flexibility index (Phi) is 7.27. The second-order valence-corrected chi connectivity index (χ2v) is 6.61.